The molecule has 4 heteroatoms. The Hall–Kier alpha value is 0.0400. The fourth-order valence-corrected chi connectivity index (χ4v) is 0.852. The van der Waals surface area contributed by atoms with Gasteiger partial charge in [-0.25, -0.2) is 8.60 Å². The van der Waals surface area contributed by atoms with E-state index >= 15 is 0 Å². The average Bonchev–Trinajstić information content (AvgIpc) is 1.80. The highest BCUT2D eigenvalue weighted by Crippen LogP contribution is 2.11. The second-order valence-electron chi connectivity index (χ2n) is 2.86. The van der Waals surface area contributed by atoms with E-state index in [1.54, 1.807) is 20.8 Å². The maximum atomic E-state index is 11.5. The highest BCUT2D eigenvalue weighted by atomic mass is 32.2. The molecule has 0 aliphatic heterocycles. The molecule has 0 fully saturated rings. The van der Waals surface area contributed by atoms with Crippen LogP contribution in [0.5, 0.6) is 0 Å². The SMILES string of the molecule is CC(C)(C)S(=O)OCCF. The van der Waals surface area contributed by atoms with Gasteiger partial charge in [-0.15, -0.1) is 0 Å². The lowest BCUT2D eigenvalue weighted by atomic mass is 10.3. The molecule has 0 aromatic rings. The van der Waals surface area contributed by atoms with Gasteiger partial charge >= 0.3 is 0 Å². The minimum atomic E-state index is -1.38. The van der Waals surface area contributed by atoms with Crippen LogP contribution in [0.25, 0.3) is 0 Å². The molecule has 0 saturated heterocycles. The molecule has 0 spiro atoms. The van der Waals surface area contributed by atoms with Crippen molar-refractivity contribution >= 4 is 11.1 Å². The molecule has 10 heavy (non-hydrogen) atoms. The molecule has 0 saturated carbocycles. The normalized spacial score (nSPS) is 15.2. The molecule has 1 unspecified atom stereocenters. The van der Waals surface area contributed by atoms with Crippen LogP contribution >= 0.6 is 0 Å². The maximum Gasteiger partial charge on any atom is 0.161 e. The molecule has 0 amide bonds. The van der Waals surface area contributed by atoms with E-state index in [2.05, 4.69) is 4.18 Å². The zero-order valence-electron chi connectivity index (χ0n) is 6.52. The van der Waals surface area contributed by atoms with E-state index in [1.165, 1.54) is 0 Å². The standard InChI is InChI=1S/C6H13FO2S/c1-6(2,3)10(8)9-5-4-7/h4-5H2,1-3H3. The fraction of sp³-hybridized carbons (Fsp3) is 1.00. The summed E-state index contributed by atoms with van der Waals surface area (Å²) in [6, 6.07) is 0. The Labute approximate surface area is 63.4 Å². The summed E-state index contributed by atoms with van der Waals surface area (Å²) in [5, 5.41) is 0. The van der Waals surface area contributed by atoms with Crippen molar-refractivity contribution in [3.63, 3.8) is 0 Å². The van der Waals surface area contributed by atoms with Gasteiger partial charge in [0.2, 0.25) is 0 Å². The fourth-order valence-electron chi connectivity index (χ4n) is 0.284. The molecule has 0 rings (SSSR count). The first-order chi connectivity index (χ1) is 4.48. The van der Waals surface area contributed by atoms with Crippen LogP contribution in [0.2, 0.25) is 0 Å². The van der Waals surface area contributed by atoms with Crippen molar-refractivity contribution in [1.82, 2.24) is 0 Å². The van der Waals surface area contributed by atoms with Crippen LogP contribution in [0.3, 0.4) is 0 Å². The van der Waals surface area contributed by atoms with Crippen LogP contribution in [0, 0.1) is 0 Å². The van der Waals surface area contributed by atoms with Crippen LogP contribution in [-0.2, 0) is 15.3 Å². The number of rotatable bonds is 3. The van der Waals surface area contributed by atoms with Gasteiger partial charge < -0.3 is 0 Å². The summed E-state index contributed by atoms with van der Waals surface area (Å²) < 4.78 is 26.7. The molecule has 1 atom stereocenters. The topological polar surface area (TPSA) is 26.3 Å². The highest BCUT2D eigenvalue weighted by molar-refractivity contribution is 7.81. The summed E-state index contributed by atoms with van der Waals surface area (Å²) >= 11 is -1.38. The van der Waals surface area contributed by atoms with Crippen molar-refractivity contribution in [1.29, 1.82) is 0 Å². The van der Waals surface area contributed by atoms with Crippen molar-refractivity contribution in [2.24, 2.45) is 0 Å². The molecule has 0 heterocycles. The van der Waals surface area contributed by atoms with E-state index in [4.69, 9.17) is 0 Å². The lowest BCUT2D eigenvalue weighted by Crippen LogP contribution is -2.24. The van der Waals surface area contributed by atoms with Crippen LogP contribution in [-0.4, -0.2) is 22.2 Å². The second-order valence-corrected chi connectivity index (χ2v) is 4.79. The number of hydrogen-bond acceptors (Lipinski definition) is 2. The van der Waals surface area contributed by atoms with Gasteiger partial charge in [0.1, 0.15) is 6.67 Å². The first-order valence-corrected chi connectivity index (χ1v) is 4.17. The van der Waals surface area contributed by atoms with Crippen LogP contribution < -0.4 is 0 Å². The first kappa shape index (κ1) is 10.0. The molecular formula is C6H13FO2S. The lowest BCUT2D eigenvalue weighted by molar-refractivity contribution is 0.289. The number of halogens is 1. The molecular weight excluding hydrogens is 155 g/mol. The van der Waals surface area contributed by atoms with E-state index in [0.29, 0.717) is 0 Å². The Morgan fingerprint density at radius 2 is 2.00 bits per heavy atom. The smallest absolute Gasteiger partial charge is 0.161 e. The van der Waals surface area contributed by atoms with Crippen molar-refractivity contribution < 1.29 is 12.8 Å². The van der Waals surface area contributed by atoms with E-state index in [0.717, 1.165) is 0 Å². The number of alkyl halides is 1. The minimum absolute atomic E-state index is 0.0795. The molecule has 2 nitrogen and oxygen atoms in total. The Kier molecular flexibility index (Phi) is 4.05. The maximum absolute atomic E-state index is 11.5. The van der Waals surface area contributed by atoms with Crippen LogP contribution in [0.1, 0.15) is 20.8 Å². The van der Waals surface area contributed by atoms with Crippen molar-refractivity contribution in [2.75, 3.05) is 13.3 Å². The molecule has 62 valence electrons. The predicted molar refractivity (Wildman–Crippen MR) is 39.8 cm³/mol. The van der Waals surface area contributed by atoms with Crippen LogP contribution in [0.15, 0.2) is 0 Å². The quantitative estimate of drug-likeness (QED) is 0.637. The van der Waals surface area contributed by atoms with Crippen molar-refractivity contribution in [2.45, 2.75) is 25.5 Å². The van der Waals surface area contributed by atoms with Gasteiger partial charge in [0, 0.05) is 0 Å². The summed E-state index contributed by atoms with van der Waals surface area (Å²) in [4.78, 5) is 0. The summed E-state index contributed by atoms with van der Waals surface area (Å²) in [6.45, 7) is 4.68. The summed E-state index contributed by atoms with van der Waals surface area (Å²) in [5.41, 5.74) is 0. The van der Waals surface area contributed by atoms with Gasteiger partial charge in [0.25, 0.3) is 0 Å². The largest absolute Gasteiger partial charge is 0.287 e. The Morgan fingerprint density at radius 1 is 1.50 bits per heavy atom. The van der Waals surface area contributed by atoms with Gasteiger partial charge in [-0.2, -0.15) is 0 Å². The second kappa shape index (κ2) is 4.03. The van der Waals surface area contributed by atoms with E-state index in [9.17, 15) is 8.60 Å². The Balaban J connectivity index is 3.64. The number of hydrogen-bond donors (Lipinski definition) is 0. The third kappa shape index (κ3) is 3.95. The molecule has 0 bridgehead atoms. The van der Waals surface area contributed by atoms with Gasteiger partial charge in [0.05, 0.1) is 11.4 Å². The molecule has 0 aromatic heterocycles. The third-order valence-electron chi connectivity index (χ3n) is 0.768. The average molecular weight is 168 g/mol. The summed E-state index contributed by atoms with van der Waals surface area (Å²) in [7, 11) is 0. The van der Waals surface area contributed by atoms with Crippen molar-refractivity contribution in [3.05, 3.63) is 0 Å². The molecule has 0 radical (unpaired) electrons. The third-order valence-corrected chi connectivity index (χ3v) is 2.15. The zero-order valence-corrected chi connectivity index (χ0v) is 7.33. The van der Waals surface area contributed by atoms with Gasteiger partial charge in [0.15, 0.2) is 11.1 Å². The van der Waals surface area contributed by atoms with E-state index in [-0.39, 0.29) is 6.61 Å². The predicted octanol–water partition coefficient (Wildman–Crippen LogP) is 1.43. The van der Waals surface area contributed by atoms with Crippen LogP contribution in [0.4, 0.5) is 4.39 Å². The van der Waals surface area contributed by atoms with E-state index in [1.807, 2.05) is 0 Å². The molecule has 0 aliphatic rings. The van der Waals surface area contributed by atoms with E-state index < -0.39 is 22.5 Å². The first-order valence-electron chi connectivity index (χ1n) is 3.09. The van der Waals surface area contributed by atoms with Gasteiger partial charge in [-0.3, -0.25) is 4.18 Å². The lowest BCUT2D eigenvalue weighted by Gasteiger charge is -2.15. The van der Waals surface area contributed by atoms with Gasteiger partial charge in [-0.05, 0) is 20.8 Å². The Morgan fingerprint density at radius 3 is 2.30 bits per heavy atom. The van der Waals surface area contributed by atoms with Gasteiger partial charge in [-0.1, -0.05) is 0 Å². The zero-order chi connectivity index (χ0) is 8.20. The summed E-state index contributed by atoms with van der Waals surface area (Å²) in [6.07, 6.45) is 0. The minimum Gasteiger partial charge on any atom is -0.287 e. The molecule has 0 N–H and O–H groups in total. The molecule has 0 aliphatic carbocycles. The Bertz CT molecular complexity index is 119. The molecule has 0 aromatic carbocycles. The summed E-state index contributed by atoms with van der Waals surface area (Å²) in [5.74, 6) is 0. The van der Waals surface area contributed by atoms with Crippen molar-refractivity contribution in [3.8, 4) is 0 Å². The monoisotopic (exact) mass is 168 g/mol. The highest BCUT2D eigenvalue weighted by Gasteiger charge is 2.19.